The van der Waals surface area contributed by atoms with Gasteiger partial charge in [0.1, 0.15) is 17.8 Å². The number of nitrogens with zero attached hydrogens (tertiary/aromatic N) is 6. The Morgan fingerprint density at radius 1 is 1.39 bits per heavy atom. The molecule has 2 aromatic rings. The van der Waals surface area contributed by atoms with Gasteiger partial charge < -0.3 is 19.6 Å². The van der Waals surface area contributed by atoms with Crippen LogP contribution in [-0.2, 0) is 13.0 Å². The summed E-state index contributed by atoms with van der Waals surface area (Å²) in [4.78, 5) is 13.5. The van der Waals surface area contributed by atoms with E-state index >= 15 is 0 Å². The van der Waals surface area contributed by atoms with Gasteiger partial charge in [-0.3, -0.25) is 4.99 Å². The Hall–Kier alpha value is -2.16. The highest BCUT2D eigenvalue weighted by Gasteiger charge is 2.22. The average Bonchev–Trinajstić information content (AvgIpc) is 3.27. The van der Waals surface area contributed by atoms with E-state index in [0.29, 0.717) is 6.54 Å². The van der Waals surface area contributed by atoms with Crippen LogP contribution in [0.3, 0.4) is 0 Å². The Morgan fingerprint density at radius 3 is 2.83 bits per heavy atom. The van der Waals surface area contributed by atoms with Crippen molar-refractivity contribution in [3.63, 3.8) is 0 Å². The summed E-state index contributed by atoms with van der Waals surface area (Å²) >= 11 is 1.49. The zero-order valence-electron chi connectivity index (χ0n) is 13.4. The molecule has 3 rings (SSSR count). The van der Waals surface area contributed by atoms with Gasteiger partial charge in [0, 0.05) is 57.2 Å². The smallest absolute Gasteiger partial charge is 0.205 e. The van der Waals surface area contributed by atoms with Gasteiger partial charge in [-0.05, 0) is 0 Å². The highest BCUT2D eigenvalue weighted by atomic mass is 32.1. The third-order valence-corrected chi connectivity index (χ3v) is 4.57. The van der Waals surface area contributed by atoms with Crippen LogP contribution in [0.2, 0.25) is 0 Å². The van der Waals surface area contributed by atoms with Gasteiger partial charge in [-0.15, -0.1) is 0 Å². The third-order valence-electron chi connectivity index (χ3n) is 3.75. The van der Waals surface area contributed by atoms with Crippen molar-refractivity contribution in [3.05, 3.63) is 23.8 Å². The van der Waals surface area contributed by atoms with Crippen molar-refractivity contribution in [3.8, 4) is 0 Å². The van der Waals surface area contributed by atoms with E-state index in [4.69, 9.17) is 4.52 Å². The second kappa shape index (κ2) is 7.40. The van der Waals surface area contributed by atoms with Crippen LogP contribution < -0.4 is 10.2 Å². The topological polar surface area (TPSA) is 82.7 Å². The first kappa shape index (κ1) is 15.7. The van der Waals surface area contributed by atoms with E-state index in [9.17, 15) is 0 Å². The van der Waals surface area contributed by atoms with Gasteiger partial charge in [-0.25, -0.2) is 4.98 Å². The molecule has 0 atom stereocenters. The summed E-state index contributed by atoms with van der Waals surface area (Å²) in [5.41, 5.74) is 0.866. The molecule has 3 heterocycles. The lowest BCUT2D eigenvalue weighted by Crippen LogP contribution is -2.52. The van der Waals surface area contributed by atoms with Crippen LogP contribution in [0.5, 0.6) is 0 Å². The molecule has 0 aliphatic carbocycles. The zero-order valence-corrected chi connectivity index (χ0v) is 14.2. The SMILES string of the molecule is CCc1nsc(N2CCN(C(=NC)NCc3ccon3)CC2)n1. The second-order valence-corrected chi connectivity index (χ2v) is 5.94. The van der Waals surface area contributed by atoms with Crippen molar-refractivity contribution in [1.82, 2.24) is 24.7 Å². The summed E-state index contributed by atoms with van der Waals surface area (Å²) in [5.74, 6) is 1.82. The molecule has 9 heteroatoms. The molecule has 1 aliphatic heterocycles. The standard InChI is InChI=1S/C14H21N7OS/c1-3-12-17-14(23-19-12)21-7-5-20(6-8-21)13(15-2)16-10-11-4-9-22-18-11/h4,9H,3,5-8,10H2,1-2H3,(H,15,16). The van der Waals surface area contributed by atoms with Gasteiger partial charge in [0.2, 0.25) is 5.13 Å². The van der Waals surface area contributed by atoms with Crippen molar-refractivity contribution in [2.75, 3.05) is 38.1 Å². The van der Waals surface area contributed by atoms with E-state index in [1.807, 2.05) is 6.07 Å². The van der Waals surface area contributed by atoms with Crippen LogP contribution in [0.4, 0.5) is 5.13 Å². The van der Waals surface area contributed by atoms with Crippen molar-refractivity contribution in [2.24, 2.45) is 4.99 Å². The molecular weight excluding hydrogens is 314 g/mol. The molecule has 1 N–H and O–H groups in total. The number of anilines is 1. The van der Waals surface area contributed by atoms with E-state index in [1.54, 1.807) is 13.3 Å². The number of piperazine rings is 1. The van der Waals surface area contributed by atoms with Crippen molar-refractivity contribution >= 4 is 22.6 Å². The van der Waals surface area contributed by atoms with Crippen LogP contribution in [0.25, 0.3) is 0 Å². The number of hydrogen-bond acceptors (Lipinski definition) is 7. The molecule has 0 unspecified atom stereocenters. The highest BCUT2D eigenvalue weighted by molar-refractivity contribution is 7.09. The van der Waals surface area contributed by atoms with E-state index in [0.717, 1.165) is 55.2 Å². The lowest BCUT2D eigenvalue weighted by molar-refractivity contribution is 0.370. The summed E-state index contributed by atoms with van der Waals surface area (Å²) < 4.78 is 9.20. The maximum absolute atomic E-state index is 4.84. The van der Waals surface area contributed by atoms with Crippen molar-refractivity contribution in [1.29, 1.82) is 0 Å². The number of hydrogen-bond donors (Lipinski definition) is 1. The third kappa shape index (κ3) is 3.79. The van der Waals surface area contributed by atoms with Gasteiger partial charge in [0.15, 0.2) is 5.96 Å². The highest BCUT2D eigenvalue weighted by Crippen LogP contribution is 2.19. The maximum atomic E-state index is 4.84. The Bertz CT molecular complexity index is 631. The summed E-state index contributed by atoms with van der Waals surface area (Å²) in [7, 11) is 1.80. The predicted octanol–water partition coefficient (Wildman–Crippen LogP) is 0.986. The monoisotopic (exact) mass is 335 g/mol. The van der Waals surface area contributed by atoms with Gasteiger partial charge in [0.05, 0.1) is 6.54 Å². The van der Waals surface area contributed by atoms with E-state index < -0.39 is 0 Å². The van der Waals surface area contributed by atoms with Crippen LogP contribution in [-0.4, -0.2) is 58.6 Å². The van der Waals surface area contributed by atoms with E-state index in [2.05, 4.69) is 41.5 Å². The Balaban J connectivity index is 1.52. The molecule has 1 fully saturated rings. The van der Waals surface area contributed by atoms with Crippen LogP contribution in [0.15, 0.2) is 21.8 Å². The largest absolute Gasteiger partial charge is 0.364 e. The van der Waals surface area contributed by atoms with Crippen LogP contribution >= 0.6 is 11.5 Å². The van der Waals surface area contributed by atoms with Crippen LogP contribution in [0.1, 0.15) is 18.4 Å². The molecule has 1 saturated heterocycles. The summed E-state index contributed by atoms with van der Waals surface area (Å²) in [6.07, 6.45) is 2.46. The molecule has 0 radical (unpaired) electrons. The summed E-state index contributed by atoms with van der Waals surface area (Å²) in [5, 5.41) is 8.24. The number of aliphatic imine (C=N–C) groups is 1. The fraction of sp³-hybridized carbons (Fsp3) is 0.571. The minimum Gasteiger partial charge on any atom is -0.364 e. The normalized spacial score (nSPS) is 16.0. The van der Waals surface area contributed by atoms with Crippen LogP contribution in [0, 0.1) is 0 Å². The molecule has 8 nitrogen and oxygen atoms in total. The molecule has 23 heavy (non-hydrogen) atoms. The Morgan fingerprint density at radius 2 is 2.22 bits per heavy atom. The van der Waals surface area contributed by atoms with Gasteiger partial charge in [-0.1, -0.05) is 12.1 Å². The fourth-order valence-corrected chi connectivity index (χ4v) is 3.26. The summed E-state index contributed by atoms with van der Waals surface area (Å²) in [6, 6.07) is 1.85. The zero-order chi connectivity index (χ0) is 16.1. The average molecular weight is 335 g/mol. The molecule has 0 aromatic carbocycles. The minimum absolute atomic E-state index is 0.611. The quantitative estimate of drug-likeness (QED) is 0.659. The number of rotatable bonds is 4. The second-order valence-electron chi connectivity index (χ2n) is 5.21. The Kier molecular flexibility index (Phi) is 5.06. The van der Waals surface area contributed by atoms with E-state index in [-0.39, 0.29) is 0 Å². The number of guanidine groups is 1. The lowest BCUT2D eigenvalue weighted by Gasteiger charge is -2.36. The van der Waals surface area contributed by atoms with Gasteiger partial charge in [0.25, 0.3) is 0 Å². The molecule has 2 aromatic heterocycles. The molecule has 1 aliphatic rings. The number of nitrogens with one attached hydrogen (secondary N) is 1. The molecule has 124 valence electrons. The fourth-order valence-electron chi connectivity index (χ4n) is 2.46. The Labute approximate surface area is 139 Å². The first-order valence-corrected chi connectivity index (χ1v) is 8.50. The van der Waals surface area contributed by atoms with Crippen molar-refractivity contribution < 1.29 is 4.52 Å². The maximum Gasteiger partial charge on any atom is 0.205 e. The van der Waals surface area contributed by atoms with E-state index in [1.165, 1.54) is 11.5 Å². The predicted molar refractivity (Wildman–Crippen MR) is 89.8 cm³/mol. The molecule has 0 saturated carbocycles. The molecular formula is C14H21N7OS. The van der Waals surface area contributed by atoms with Crippen molar-refractivity contribution in [2.45, 2.75) is 19.9 Å². The number of aryl methyl sites for hydroxylation is 1. The molecule has 0 bridgehead atoms. The van der Waals surface area contributed by atoms with Gasteiger partial charge in [-0.2, -0.15) is 4.37 Å². The lowest BCUT2D eigenvalue weighted by atomic mass is 10.3. The number of aromatic nitrogens is 3. The minimum atomic E-state index is 0.611. The first-order chi connectivity index (χ1) is 11.3. The van der Waals surface area contributed by atoms with Gasteiger partial charge >= 0.3 is 0 Å². The summed E-state index contributed by atoms with van der Waals surface area (Å²) in [6.45, 7) is 6.33. The molecule has 0 spiro atoms. The molecule has 0 amide bonds. The first-order valence-electron chi connectivity index (χ1n) is 7.72.